The van der Waals surface area contributed by atoms with Gasteiger partial charge in [-0.3, -0.25) is 24.1 Å². The minimum atomic E-state index is -1.36. The fourth-order valence-corrected chi connectivity index (χ4v) is 4.99. The lowest BCUT2D eigenvalue weighted by Gasteiger charge is -2.26. The van der Waals surface area contributed by atoms with Crippen molar-refractivity contribution in [1.29, 1.82) is 0 Å². The van der Waals surface area contributed by atoms with E-state index >= 15 is 0 Å². The summed E-state index contributed by atoms with van der Waals surface area (Å²) in [6.07, 6.45) is -0.122. The van der Waals surface area contributed by atoms with Gasteiger partial charge >= 0.3 is 0 Å². The summed E-state index contributed by atoms with van der Waals surface area (Å²) in [5, 5.41) is 4.84. The third kappa shape index (κ3) is 2.47. The lowest BCUT2D eigenvalue weighted by molar-refractivity contribution is -0.732. The van der Waals surface area contributed by atoms with E-state index in [1.54, 1.807) is 23.5 Å². The van der Waals surface area contributed by atoms with Gasteiger partial charge in [-0.2, -0.15) is 0 Å². The van der Waals surface area contributed by atoms with E-state index < -0.39 is 47.0 Å². The molecule has 3 aliphatic heterocycles. The second-order valence-corrected chi connectivity index (χ2v) is 7.77. The van der Waals surface area contributed by atoms with Crippen molar-refractivity contribution in [3.8, 4) is 0 Å². The zero-order chi connectivity index (χ0) is 20.2. The molecule has 1 aromatic carbocycles. The molecule has 1 spiro atoms. The number of anilines is 1. The predicted octanol–water partition coefficient (Wildman–Crippen LogP) is -1.44. The van der Waals surface area contributed by atoms with Crippen molar-refractivity contribution >= 4 is 40.9 Å². The number of hydrogen-bond acceptors (Lipinski definition) is 5. The number of carbonyl (C=O) groups is 4. The molecule has 0 bridgehead atoms. The molecule has 10 heteroatoms. The van der Waals surface area contributed by atoms with Crippen LogP contribution in [0.1, 0.15) is 12.0 Å². The molecule has 2 fully saturated rings. The number of nitrogens with one attached hydrogen (secondary N) is 1. The molecular weight excluding hydrogens is 388 g/mol. The molecule has 0 aliphatic carbocycles. The number of primary amides is 1. The van der Waals surface area contributed by atoms with Gasteiger partial charge < -0.3 is 21.1 Å². The second kappa shape index (κ2) is 6.54. The summed E-state index contributed by atoms with van der Waals surface area (Å²) in [5.41, 5.74) is 5.10. The molecular formula is C18H20ClN4O5+. The highest BCUT2D eigenvalue weighted by molar-refractivity contribution is 6.31. The number of nitrogens with two attached hydrogens (primary N) is 2. The maximum atomic E-state index is 13.2. The molecule has 2 saturated heterocycles. The quantitative estimate of drug-likeness (QED) is 0.513. The van der Waals surface area contributed by atoms with Gasteiger partial charge in [0.2, 0.25) is 23.3 Å². The van der Waals surface area contributed by atoms with Crippen LogP contribution in [0.2, 0.25) is 5.02 Å². The highest BCUT2D eigenvalue weighted by atomic mass is 35.5. The second-order valence-electron chi connectivity index (χ2n) is 7.34. The van der Waals surface area contributed by atoms with Gasteiger partial charge in [-0.15, -0.1) is 0 Å². The highest BCUT2D eigenvalue weighted by Gasteiger charge is 2.74. The molecule has 0 saturated carbocycles. The number of carbonyl (C=O) groups excluding carboxylic acids is 4. The Bertz CT molecular complexity index is 906. The molecule has 148 valence electrons. The Morgan fingerprint density at radius 2 is 2.11 bits per heavy atom. The van der Waals surface area contributed by atoms with E-state index in [9.17, 15) is 19.2 Å². The Morgan fingerprint density at radius 3 is 2.79 bits per heavy atom. The number of nitrogens with zero attached hydrogens (tertiary/aromatic N) is 1. The van der Waals surface area contributed by atoms with E-state index in [1.165, 1.54) is 7.11 Å². The summed E-state index contributed by atoms with van der Waals surface area (Å²) in [5.74, 6) is -3.62. The number of quaternary nitrogens is 1. The largest absolute Gasteiger partial charge is 0.383 e. The summed E-state index contributed by atoms with van der Waals surface area (Å²) < 4.78 is 5.00. The van der Waals surface area contributed by atoms with Gasteiger partial charge in [0, 0.05) is 17.7 Å². The third-order valence-electron chi connectivity index (χ3n) is 5.88. The van der Waals surface area contributed by atoms with Crippen LogP contribution in [0.25, 0.3) is 0 Å². The van der Waals surface area contributed by atoms with Crippen molar-refractivity contribution in [2.45, 2.75) is 18.0 Å². The topological polar surface area (TPSA) is 135 Å². The van der Waals surface area contributed by atoms with Crippen molar-refractivity contribution in [3.63, 3.8) is 0 Å². The van der Waals surface area contributed by atoms with Gasteiger partial charge in [0.1, 0.15) is 17.9 Å². The number of rotatable bonds is 5. The minimum Gasteiger partial charge on any atom is -0.383 e. The van der Waals surface area contributed by atoms with Gasteiger partial charge in [-0.1, -0.05) is 11.6 Å². The lowest BCUT2D eigenvalue weighted by Crippen LogP contribution is -2.99. The van der Waals surface area contributed by atoms with Crippen LogP contribution in [-0.2, 0) is 29.5 Å². The van der Waals surface area contributed by atoms with Crippen LogP contribution in [0.15, 0.2) is 18.2 Å². The maximum absolute atomic E-state index is 13.2. The van der Waals surface area contributed by atoms with E-state index in [0.717, 1.165) is 4.90 Å². The molecule has 28 heavy (non-hydrogen) atoms. The van der Waals surface area contributed by atoms with Crippen LogP contribution < -0.4 is 16.4 Å². The average molecular weight is 408 g/mol. The first-order chi connectivity index (χ1) is 13.3. The summed E-state index contributed by atoms with van der Waals surface area (Å²) in [6, 6.07) is 4.31. The van der Waals surface area contributed by atoms with E-state index in [2.05, 4.69) is 5.32 Å². The number of ether oxygens (including phenoxy) is 1. The Morgan fingerprint density at radius 1 is 1.36 bits per heavy atom. The van der Waals surface area contributed by atoms with E-state index in [0.29, 0.717) is 16.3 Å². The van der Waals surface area contributed by atoms with Crippen molar-refractivity contribution < 1.29 is 29.2 Å². The number of amides is 4. The third-order valence-corrected chi connectivity index (χ3v) is 6.11. The van der Waals surface area contributed by atoms with Crippen LogP contribution in [0, 0.1) is 11.8 Å². The Balaban J connectivity index is 1.85. The number of benzene rings is 1. The molecule has 4 rings (SSSR count). The van der Waals surface area contributed by atoms with Crippen LogP contribution in [0.5, 0.6) is 0 Å². The first-order valence-corrected chi connectivity index (χ1v) is 9.29. The molecule has 5 N–H and O–H groups in total. The minimum absolute atomic E-state index is 0.0879. The fourth-order valence-electron chi connectivity index (χ4n) is 4.82. The maximum Gasteiger partial charge on any atom is 0.291 e. The van der Waals surface area contributed by atoms with Crippen molar-refractivity contribution in [2.24, 2.45) is 17.6 Å². The SMILES string of the molecule is COCCN1C(=O)[C@H]2[C@@H](C1=O)[C@]1([NH2+][C@@H]2CC(N)=O)C(=O)Nc2ccc(Cl)cc21. The summed E-state index contributed by atoms with van der Waals surface area (Å²) in [4.78, 5) is 52.1. The zero-order valence-corrected chi connectivity index (χ0v) is 15.9. The summed E-state index contributed by atoms with van der Waals surface area (Å²) >= 11 is 6.15. The van der Waals surface area contributed by atoms with Crippen LogP contribution >= 0.6 is 11.6 Å². The molecule has 0 aromatic heterocycles. The highest BCUT2D eigenvalue weighted by Crippen LogP contribution is 2.49. The molecule has 4 atom stereocenters. The van der Waals surface area contributed by atoms with Crippen molar-refractivity contribution in [3.05, 3.63) is 28.8 Å². The normalized spacial score (nSPS) is 30.7. The number of imide groups is 1. The van der Waals surface area contributed by atoms with E-state index in [-0.39, 0.29) is 19.6 Å². The van der Waals surface area contributed by atoms with E-state index in [4.69, 9.17) is 22.1 Å². The number of likely N-dealkylation sites (tertiary alicyclic amines) is 1. The molecule has 1 aromatic rings. The monoisotopic (exact) mass is 407 g/mol. The Hall–Kier alpha value is -2.49. The standard InChI is InChI=1S/C18H19ClN4O5/c1-28-5-4-23-15(25)13-11(7-12(20)24)22-18(14(13)16(23)26)9-6-8(19)2-3-10(9)21-17(18)27/h2-3,6,11,13-14,22H,4-5,7H2,1H3,(H2,20,24)(H,21,27)/p+1/t11-,13-,14+,18+/m1/s1. The van der Waals surface area contributed by atoms with E-state index in [1.807, 2.05) is 0 Å². The summed E-state index contributed by atoms with van der Waals surface area (Å²) in [6.45, 7) is 0.271. The number of hydrogen-bond donors (Lipinski definition) is 3. The van der Waals surface area contributed by atoms with Gasteiger partial charge in [0.15, 0.2) is 0 Å². The van der Waals surface area contributed by atoms with Crippen LogP contribution in [0.4, 0.5) is 5.69 Å². The van der Waals surface area contributed by atoms with Crippen LogP contribution in [-0.4, -0.2) is 54.8 Å². The van der Waals surface area contributed by atoms with Gasteiger partial charge in [-0.05, 0) is 18.2 Å². The van der Waals surface area contributed by atoms with Crippen molar-refractivity contribution in [2.75, 3.05) is 25.6 Å². The Kier molecular flexibility index (Phi) is 4.40. The molecule has 4 amide bonds. The van der Waals surface area contributed by atoms with Crippen LogP contribution in [0.3, 0.4) is 0 Å². The first kappa shape index (κ1) is 18.9. The molecule has 3 aliphatic rings. The number of fused-ring (bicyclic) bond motifs is 4. The average Bonchev–Trinajstić information content (AvgIpc) is 3.19. The smallest absolute Gasteiger partial charge is 0.291 e. The first-order valence-electron chi connectivity index (χ1n) is 8.91. The fraction of sp³-hybridized carbons (Fsp3) is 0.444. The summed E-state index contributed by atoms with van der Waals surface area (Å²) in [7, 11) is 1.47. The van der Waals surface area contributed by atoms with Gasteiger partial charge in [0.05, 0.1) is 25.3 Å². The van der Waals surface area contributed by atoms with Crippen molar-refractivity contribution in [1.82, 2.24) is 4.90 Å². The predicted molar refractivity (Wildman–Crippen MR) is 96.9 cm³/mol. The Labute approximate surface area is 165 Å². The molecule has 3 heterocycles. The number of methoxy groups -OCH3 is 1. The van der Waals surface area contributed by atoms with Gasteiger partial charge in [-0.25, -0.2) is 0 Å². The lowest BCUT2D eigenvalue weighted by atomic mass is 9.76. The van der Waals surface area contributed by atoms with Gasteiger partial charge in [0.25, 0.3) is 5.91 Å². The zero-order valence-electron chi connectivity index (χ0n) is 15.1. The number of halogens is 1. The molecule has 0 radical (unpaired) electrons. The molecule has 0 unspecified atom stereocenters. The molecule has 9 nitrogen and oxygen atoms in total.